The maximum atomic E-state index is 13.3. The quantitative estimate of drug-likeness (QED) is 0.628. The second-order valence-corrected chi connectivity index (χ2v) is 12.9. The topological polar surface area (TPSA) is 93.7 Å². The lowest BCUT2D eigenvalue weighted by molar-refractivity contribution is -0.128. The highest BCUT2D eigenvalue weighted by molar-refractivity contribution is 7.89. The van der Waals surface area contributed by atoms with Gasteiger partial charge in [-0.1, -0.05) is 13.8 Å². The van der Waals surface area contributed by atoms with Crippen molar-refractivity contribution < 1.29 is 22.7 Å². The maximum Gasteiger partial charge on any atom is 0.241 e. The van der Waals surface area contributed by atoms with Crippen LogP contribution in [0.5, 0.6) is 11.5 Å². The van der Waals surface area contributed by atoms with Crippen LogP contribution in [-0.4, -0.2) is 39.6 Å². The Morgan fingerprint density at radius 1 is 0.970 bits per heavy atom. The van der Waals surface area contributed by atoms with Crippen molar-refractivity contribution in [1.82, 2.24) is 10.0 Å². The molecule has 0 saturated heterocycles. The third-order valence-corrected chi connectivity index (χ3v) is 9.86. The van der Waals surface area contributed by atoms with E-state index in [4.69, 9.17) is 9.47 Å². The second kappa shape index (κ2) is 8.45. The number of rotatable bonds is 7. The van der Waals surface area contributed by atoms with Gasteiger partial charge in [0.05, 0.1) is 4.90 Å². The molecule has 1 heterocycles. The molecule has 1 amide bonds. The highest BCUT2D eigenvalue weighted by Crippen LogP contribution is 2.61. The number of benzene rings is 1. The smallest absolute Gasteiger partial charge is 0.241 e. The van der Waals surface area contributed by atoms with Gasteiger partial charge < -0.3 is 14.8 Å². The van der Waals surface area contributed by atoms with Crippen LogP contribution in [0, 0.1) is 29.1 Å². The molecule has 1 aromatic rings. The van der Waals surface area contributed by atoms with E-state index in [1.54, 1.807) is 6.07 Å². The van der Waals surface area contributed by atoms with E-state index in [1.807, 2.05) is 13.8 Å². The molecule has 8 heteroatoms. The summed E-state index contributed by atoms with van der Waals surface area (Å²) in [6, 6.07) is 3.74. The van der Waals surface area contributed by atoms with E-state index >= 15 is 0 Å². The van der Waals surface area contributed by atoms with Crippen molar-refractivity contribution in [2.75, 3.05) is 13.2 Å². The molecule has 1 unspecified atom stereocenters. The molecule has 6 rings (SSSR count). The minimum atomic E-state index is -3.91. The summed E-state index contributed by atoms with van der Waals surface area (Å²) in [5.74, 6) is 2.89. The summed E-state index contributed by atoms with van der Waals surface area (Å²) in [7, 11) is -3.91. The number of amides is 1. The van der Waals surface area contributed by atoms with Crippen molar-refractivity contribution >= 4 is 15.9 Å². The Bertz CT molecular complexity index is 986. The molecule has 4 fully saturated rings. The molecule has 4 bridgehead atoms. The minimum Gasteiger partial charge on any atom is -0.486 e. The van der Waals surface area contributed by atoms with E-state index < -0.39 is 16.1 Å². The van der Waals surface area contributed by atoms with Gasteiger partial charge in [0.25, 0.3) is 0 Å². The van der Waals surface area contributed by atoms with Crippen molar-refractivity contribution in [2.24, 2.45) is 29.1 Å². The Balaban J connectivity index is 1.30. The molecule has 7 nitrogen and oxygen atoms in total. The Morgan fingerprint density at radius 2 is 1.55 bits per heavy atom. The summed E-state index contributed by atoms with van der Waals surface area (Å²) in [5, 5.41) is 3.23. The first-order chi connectivity index (χ1) is 15.6. The van der Waals surface area contributed by atoms with Crippen molar-refractivity contribution in [3.05, 3.63) is 18.2 Å². The summed E-state index contributed by atoms with van der Waals surface area (Å²) in [6.07, 6.45) is 7.62. The molecule has 0 spiro atoms. The van der Waals surface area contributed by atoms with Crippen LogP contribution in [0.4, 0.5) is 0 Å². The van der Waals surface area contributed by atoms with Crippen molar-refractivity contribution in [3.63, 3.8) is 0 Å². The Labute approximate surface area is 197 Å². The summed E-state index contributed by atoms with van der Waals surface area (Å²) in [4.78, 5) is 13.4. The maximum absolute atomic E-state index is 13.3. The number of sulfonamides is 1. The van der Waals surface area contributed by atoms with Gasteiger partial charge in [-0.2, -0.15) is 4.72 Å². The van der Waals surface area contributed by atoms with E-state index in [1.165, 1.54) is 50.7 Å². The largest absolute Gasteiger partial charge is 0.486 e. The van der Waals surface area contributed by atoms with Crippen LogP contribution in [0.2, 0.25) is 0 Å². The Hall–Kier alpha value is -1.80. The minimum absolute atomic E-state index is 0.0402. The van der Waals surface area contributed by atoms with Crippen LogP contribution in [0.1, 0.15) is 59.3 Å². The normalized spacial score (nSPS) is 31.9. The van der Waals surface area contributed by atoms with Crippen molar-refractivity contribution in [1.29, 1.82) is 0 Å². The first kappa shape index (κ1) is 23.0. The SMILES string of the molecule is CC(C)[C@H](NS(=O)(=O)c1ccc2c(c1)OCCO2)C(=O)NC(C)C12CC3CC(CC(C3)C1)C2. The molecule has 2 N–H and O–H groups in total. The van der Waals surface area contributed by atoms with Crippen LogP contribution < -0.4 is 19.5 Å². The first-order valence-corrected chi connectivity index (χ1v) is 13.9. The number of hydrogen-bond donors (Lipinski definition) is 2. The first-order valence-electron chi connectivity index (χ1n) is 12.4. The predicted molar refractivity (Wildman–Crippen MR) is 125 cm³/mol. The molecule has 5 aliphatic rings. The number of carbonyl (C=O) groups is 1. The highest BCUT2D eigenvalue weighted by Gasteiger charge is 2.53. The van der Waals surface area contributed by atoms with Crippen LogP contribution in [0.15, 0.2) is 23.1 Å². The molecule has 4 saturated carbocycles. The van der Waals surface area contributed by atoms with Gasteiger partial charge >= 0.3 is 0 Å². The Kier molecular flexibility index (Phi) is 5.88. The van der Waals surface area contributed by atoms with Gasteiger partial charge in [-0.15, -0.1) is 0 Å². The lowest BCUT2D eigenvalue weighted by atomic mass is 9.48. The summed E-state index contributed by atoms with van der Waals surface area (Å²) in [5.41, 5.74) is 0.167. The number of carbonyl (C=O) groups excluding carboxylic acids is 1. The van der Waals surface area contributed by atoms with E-state index in [-0.39, 0.29) is 28.2 Å². The van der Waals surface area contributed by atoms with Gasteiger partial charge in [0.15, 0.2) is 11.5 Å². The molecular formula is C25H36N2O5S. The van der Waals surface area contributed by atoms with Crippen LogP contribution >= 0.6 is 0 Å². The monoisotopic (exact) mass is 476 g/mol. The van der Waals surface area contributed by atoms with Crippen molar-refractivity contribution in [2.45, 2.75) is 76.3 Å². The molecule has 4 aliphatic carbocycles. The number of hydrogen-bond acceptors (Lipinski definition) is 5. The van der Waals surface area contributed by atoms with Gasteiger partial charge in [-0.3, -0.25) is 4.79 Å². The molecular weight excluding hydrogens is 440 g/mol. The van der Waals surface area contributed by atoms with Gasteiger partial charge in [-0.25, -0.2) is 8.42 Å². The average Bonchev–Trinajstić information content (AvgIpc) is 2.76. The predicted octanol–water partition coefficient (Wildman–Crippen LogP) is 3.48. The lowest BCUT2D eigenvalue weighted by Gasteiger charge is -2.59. The highest BCUT2D eigenvalue weighted by atomic mass is 32.2. The zero-order valence-corrected chi connectivity index (χ0v) is 20.6. The fourth-order valence-corrected chi connectivity index (χ4v) is 8.44. The van der Waals surface area contributed by atoms with Gasteiger partial charge in [0.2, 0.25) is 15.9 Å². The number of fused-ring (bicyclic) bond motifs is 1. The summed E-state index contributed by atoms with van der Waals surface area (Å²) in [6.45, 7) is 6.67. The van der Waals surface area contributed by atoms with Crippen LogP contribution in [-0.2, 0) is 14.8 Å². The second-order valence-electron chi connectivity index (χ2n) is 11.2. The lowest BCUT2D eigenvalue weighted by Crippen LogP contribution is -2.59. The summed E-state index contributed by atoms with van der Waals surface area (Å²) >= 11 is 0. The van der Waals surface area contributed by atoms with E-state index in [2.05, 4.69) is 17.0 Å². The van der Waals surface area contributed by atoms with Crippen LogP contribution in [0.25, 0.3) is 0 Å². The molecule has 2 atom stereocenters. The van der Waals surface area contributed by atoms with E-state index in [0.29, 0.717) is 24.7 Å². The zero-order valence-electron chi connectivity index (χ0n) is 19.8. The molecule has 0 radical (unpaired) electrons. The van der Waals surface area contributed by atoms with E-state index in [0.717, 1.165) is 17.8 Å². The fourth-order valence-electron chi connectivity index (χ4n) is 7.08. The van der Waals surface area contributed by atoms with Gasteiger partial charge in [-0.05, 0) is 86.7 Å². The van der Waals surface area contributed by atoms with Crippen molar-refractivity contribution in [3.8, 4) is 11.5 Å². The molecule has 1 aromatic carbocycles. The number of nitrogens with one attached hydrogen (secondary N) is 2. The fraction of sp³-hybridized carbons (Fsp3) is 0.720. The molecule has 33 heavy (non-hydrogen) atoms. The van der Waals surface area contributed by atoms with E-state index in [9.17, 15) is 13.2 Å². The number of ether oxygens (including phenoxy) is 2. The zero-order chi connectivity index (χ0) is 23.4. The molecule has 1 aliphatic heterocycles. The molecule has 0 aromatic heterocycles. The van der Waals surface area contributed by atoms with Gasteiger partial charge in [0, 0.05) is 12.1 Å². The third-order valence-electron chi connectivity index (χ3n) is 8.42. The third kappa shape index (κ3) is 4.36. The molecule has 182 valence electrons. The standard InChI is InChI=1S/C25H36N2O5S/c1-15(2)23(27-33(29,30)20-4-5-21-22(11-20)32-7-6-31-21)24(28)26-16(3)25-12-17-8-18(13-25)10-19(9-17)14-25/h4-5,11,15-19,23,27H,6-10,12-14H2,1-3H3,(H,26,28)/t16?,17?,18?,19?,23-,25?/m0/s1. The average molecular weight is 477 g/mol. The Morgan fingerprint density at radius 3 is 2.12 bits per heavy atom. The summed E-state index contributed by atoms with van der Waals surface area (Å²) < 4.78 is 40.0. The van der Waals surface area contributed by atoms with Crippen LogP contribution in [0.3, 0.4) is 0 Å². The van der Waals surface area contributed by atoms with Gasteiger partial charge in [0.1, 0.15) is 19.3 Å².